The highest BCUT2D eigenvalue weighted by molar-refractivity contribution is 7.96. The van der Waals surface area contributed by atoms with Crippen molar-refractivity contribution in [1.82, 2.24) is 0 Å². The van der Waals surface area contributed by atoms with Crippen LogP contribution in [-0.2, 0) is 4.79 Å². The van der Waals surface area contributed by atoms with Gasteiger partial charge in [-0.25, -0.2) is 0 Å². The average molecular weight is 484 g/mol. The largest absolute Gasteiger partial charge is 0.388 e. The van der Waals surface area contributed by atoms with E-state index in [1.165, 1.54) is 37.7 Å². The molecule has 4 rings (SSSR count). The number of nitrogens with zero attached hydrogens (tertiary/aromatic N) is 1. The minimum absolute atomic E-state index is 0. The Morgan fingerprint density at radius 1 is 1.24 bits per heavy atom. The predicted molar refractivity (Wildman–Crippen MR) is 145 cm³/mol. The molecular weight excluding hydrogens is 438 g/mol. The van der Waals surface area contributed by atoms with E-state index in [1.807, 2.05) is 19.9 Å². The van der Waals surface area contributed by atoms with Crippen molar-refractivity contribution in [3.63, 3.8) is 0 Å². The number of thiol groups is 1. The van der Waals surface area contributed by atoms with E-state index in [1.54, 1.807) is 5.57 Å². The number of hydrogen-bond acceptors (Lipinski definition) is 3. The van der Waals surface area contributed by atoms with E-state index in [0.29, 0.717) is 11.8 Å². The zero-order valence-electron chi connectivity index (χ0n) is 20.4. The van der Waals surface area contributed by atoms with Crippen LogP contribution < -0.4 is 0 Å². The quantitative estimate of drug-likeness (QED) is 0.300. The number of fused-ring (bicyclic) bond motifs is 1. The molecule has 188 valence electrons. The van der Waals surface area contributed by atoms with Crippen LogP contribution >= 0.6 is 12.6 Å². The van der Waals surface area contributed by atoms with Crippen LogP contribution in [0, 0.1) is 40.4 Å². The number of allylic oxidation sites excluding steroid dienone is 6. The van der Waals surface area contributed by atoms with Crippen LogP contribution in [0.3, 0.4) is 0 Å². The first-order valence-electron chi connectivity index (χ1n) is 13.0. The number of hydrogen-bond donors (Lipinski definition) is 2. The second-order valence-electron chi connectivity index (χ2n) is 10.2. The lowest BCUT2D eigenvalue weighted by atomic mass is 9.74. The van der Waals surface area contributed by atoms with Crippen LogP contribution in [0.5, 0.6) is 0 Å². The Hall–Kier alpha value is -1.57. The van der Waals surface area contributed by atoms with Crippen molar-refractivity contribution >= 4 is 17.7 Å². The summed E-state index contributed by atoms with van der Waals surface area (Å²) in [6, 6.07) is 2.40. The third-order valence-electron chi connectivity index (χ3n) is 8.40. The van der Waals surface area contributed by atoms with E-state index in [9.17, 15) is 15.2 Å². The summed E-state index contributed by atoms with van der Waals surface area (Å²) in [7, 11) is 0. The molecule has 0 amide bonds. The van der Waals surface area contributed by atoms with Crippen molar-refractivity contribution in [2.24, 2.45) is 29.1 Å². The molecule has 4 aliphatic carbocycles. The van der Waals surface area contributed by atoms with Gasteiger partial charge < -0.3 is 5.11 Å². The maximum atomic E-state index is 11.7. The van der Waals surface area contributed by atoms with Gasteiger partial charge >= 0.3 is 0 Å². The molecule has 0 bridgehead atoms. The van der Waals surface area contributed by atoms with E-state index < -0.39 is 11.5 Å². The monoisotopic (exact) mass is 483 g/mol. The summed E-state index contributed by atoms with van der Waals surface area (Å²) in [6.07, 6.45) is 19.6. The molecule has 1 N–H and O–H groups in total. The lowest BCUT2D eigenvalue weighted by molar-refractivity contribution is -0.118. The summed E-state index contributed by atoms with van der Waals surface area (Å²) < 4.78 is 0. The summed E-state index contributed by atoms with van der Waals surface area (Å²) in [5.74, 6) is 2.09. The molecular formula is C30H45NO2S. The lowest BCUT2D eigenvalue weighted by Gasteiger charge is -2.31. The van der Waals surface area contributed by atoms with Crippen molar-refractivity contribution in [1.29, 1.82) is 5.26 Å². The third kappa shape index (κ3) is 6.35. The lowest BCUT2D eigenvalue weighted by Crippen LogP contribution is -2.25. The molecule has 0 aliphatic heterocycles. The van der Waals surface area contributed by atoms with Gasteiger partial charge in [0.25, 0.3) is 0 Å². The molecule has 0 spiro atoms. The first-order valence-corrected chi connectivity index (χ1v) is 13.4. The molecule has 0 aromatic rings. The van der Waals surface area contributed by atoms with Crippen LogP contribution in [0.4, 0.5) is 0 Å². The van der Waals surface area contributed by atoms with Crippen LogP contribution in [0.25, 0.3) is 0 Å². The third-order valence-corrected chi connectivity index (χ3v) is 8.85. The molecule has 0 aromatic carbocycles. The maximum absolute atomic E-state index is 11.7. The molecule has 4 saturated carbocycles. The van der Waals surface area contributed by atoms with Gasteiger partial charge in [-0.1, -0.05) is 68.9 Å². The number of aliphatic hydroxyl groups excluding tert-OH is 1. The zero-order chi connectivity index (χ0) is 24.0. The molecule has 0 aromatic heterocycles. The molecule has 0 saturated heterocycles. The molecule has 4 aliphatic rings. The minimum Gasteiger partial charge on any atom is -0.388 e. The molecule has 5 atom stereocenters. The highest BCUT2D eigenvalue weighted by atomic mass is 32.1. The first kappa shape index (κ1) is 28.7. The smallest absolute Gasteiger partial charge is 0.194 e. The number of carbonyl (C=O) groups excluding carboxylic acids is 1. The molecule has 0 heterocycles. The van der Waals surface area contributed by atoms with Gasteiger partial charge in [-0.15, -0.1) is 12.6 Å². The second kappa shape index (κ2) is 12.9. The summed E-state index contributed by atoms with van der Waals surface area (Å²) in [5, 5.41) is 19.6. The fourth-order valence-corrected chi connectivity index (χ4v) is 6.48. The Bertz CT molecular complexity index is 858. The number of nitriles is 1. The molecule has 5 unspecified atom stereocenters. The molecule has 3 nitrogen and oxygen atoms in total. The molecule has 4 heteroatoms. The fraction of sp³-hybridized carbons (Fsp3) is 0.667. The average Bonchev–Trinajstić information content (AvgIpc) is 3.56. The van der Waals surface area contributed by atoms with Crippen LogP contribution in [-0.4, -0.2) is 16.3 Å². The first-order chi connectivity index (χ1) is 15.9. The number of aliphatic hydroxyl groups is 1. The molecule has 4 fully saturated rings. The molecule has 0 radical (unpaired) electrons. The Morgan fingerprint density at radius 3 is 2.62 bits per heavy atom. The van der Waals surface area contributed by atoms with Gasteiger partial charge in [0.2, 0.25) is 0 Å². The predicted octanol–water partition coefficient (Wildman–Crippen LogP) is 7.75. The highest BCUT2D eigenvalue weighted by Crippen LogP contribution is 2.52. The van der Waals surface area contributed by atoms with E-state index in [-0.39, 0.29) is 18.5 Å². The van der Waals surface area contributed by atoms with Gasteiger partial charge in [-0.3, -0.25) is 4.79 Å². The van der Waals surface area contributed by atoms with Crippen molar-refractivity contribution in [2.75, 3.05) is 0 Å². The fourth-order valence-electron chi connectivity index (χ4n) is 6.13. The van der Waals surface area contributed by atoms with Gasteiger partial charge in [0.05, 0.1) is 23.5 Å². The van der Waals surface area contributed by atoms with Gasteiger partial charge in [-0.2, -0.15) is 5.26 Å². The topological polar surface area (TPSA) is 61.1 Å². The Kier molecular flexibility index (Phi) is 10.9. The maximum Gasteiger partial charge on any atom is 0.194 e. The number of carbonyl (C=O) groups is 1. The zero-order valence-corrected chi connectivity index (χ0v) is 21.3. The highest BCUT2D eigenvalue weighted by Gasteiger charge is 2.53. The Balaban J connectivity index is 0.00000133. The van der Waals surface area contributed by atoms with Crippen LogP contribution in [0.15, 0.2) is 47.6 Å². The summed E-state index contributed by atoms with van der Waals surface area (Å²) >= 11 is 3.97. The molecule has 34 heavy (non-hydrogen) atoms. The van der Waals surface area contributed by atoms with Gasteiger partial charge in [0.15, 0.2) is 5.12 Å². The van der Waals surface area contributed by atoms with Crippen LogP contribution in [0.2, 0.25) is 0 Å². The second-order valence-corrected chi connectivity index (χ2v) is 10.6. The van der Waals surface area contributed by atoms with Crippen molar-refractivity contribution < 1.29 is 9.90 Å². The van der Waals surface area contributed by atoms with E-state index in [4.69, 9.17) is 0 Å². The Labute approximate surface area is 213 Å². The van der Waals surface area contributed by atoms with Crippen LogP contribution in [0.1, 0.15) is 91.9 Å². The minimum atomic E-state index is -0.688. The van der Waals surface area contributed by atoms with E-state index >= 15 is 0 Å². The Morgan fingerprint density at radius 2 is 1.97 bits per heavy atom. The normalized spacial score (nSPS) is 32.9. The van der Waals surface area contributed by atoms with Gasteiger partial charge in [0.1, 0.15) is 0 Å². The summed E-state index contributed by atoms with van der Waals surface area (Å²) in [5.41, 5.74) is 3.48. The van der Waals surface area contributed by atoms with Crippen molar-refractivity contribution in [2.45, 2.75) is 98.0 Å². The van der Waals surface area contributed by atoms with Crippen molar-refractivity contribution in [3.05, 3.63) is 47.6 Å². The number of rotatable bonds is 6. The van der Waals surface area contributed by atoms with Gasteiger partial charge in [-0.05, 0) is 88.4 Å². The standard InChI is InChI=1S/C27H35NO2S.C2H6.CH4/c1-18-8-9-19(16-22(18)17-28)10-11-20-4-2-6-23-21(12-13-24(20)23)5-3-7-25(29)27(14-15-27)26(30)31;1-2;/h3,7,10-11,21-25,29H,1-2,4-6,8-9,12-16H2,(H,30,31);1-2H3;1H4/b7-3+,19-10-,20-11+;;. The summed E-state index contributed by atoms with van der Waals surface area (Å²) in [4.78, 5) is 11.7. The van der Waals surface area contributed by atoms with E-state index in [0.717, 1.165) is 50.0 Å². The summed E-state index contributed by atoms with van der Waals surface area (Å²) in [6.45, 7) is 8.06. The SMILES string of the molecule is C.C=C1CC/C(=C/C=C2\CCCC3C(C/C=C/C(O)C4(C(=O)S)CC4)CCC23)CC1C#N.CC. The van der Waals surface area contributed by atoms with E-state index in [2.05, 4.69) is 43.5 Å². The van der Waals surface area contributed by atoms with Crippen molar-refractivity contribution in [3.8, 4) is 6.07 Å². The van der Waals surface area contributed by atoms with Gasteiger partial charge in [0, 0.05) is 0 Å².